The number of ether oxygens (including phenoxy) is 2. The molecule has 3 N–H and O–H groups in total. The van der Waals surface area contributed by atoms with E-state index in [0.29, 0.717) is 13.2 Å². The highest BCUT2D eigenvalue weighted by Crippen LogP contribution is 1.73. The molecule has 0 saturated carbocycles. The van der Waals surface area contributed by atoms with E-state index in [0.717, 1.165) is 0 Å². The standard InChI is InChI=1S/C4H10N2O3/c1-8-2-3-9-4(5)6-7/h7H,2-3H2,1H3,(H2,5,6). The third kappa shape index (κ3) is 4.89. The van der Waals surface area contributed by atoms with Crippen molar-refractivity contribution in [1.29, 1.82) is 0 Å². The van der Waals surface area contributed by atoms with Gasteiger partial charge in [0.2, 0.25) is 0 Å². The first kappa shape index (κ1) is 8.03. The van der Waals surface area contributed by atoms with Crippen LogP contribution in [0.1, 0.15) is 0 Å². The molecule has 9 heavy (non-hydrogen) atoms. The monoisotopic (exact) mass is 134 g/mol. The summed E-state index contributed by atoms with van der Waals surface area (Å²) in [4.78, 5) is 0. The van der Waals surface area contributed by atoms with Gasteiger partial charge in [0, 0.05) is 7.11 Å². The number of hydrogen-bond acceptors (Lipinski definition) is 4. The van der Waals surface area contributed by atoms with Gasteiger partial charge in [-0.15, -0.1) is 0 Å². The van der Waals surface area contributed by atoms with E-state index in [2.05, 4.69) is 14.6 Å². The van der Waals surface area contributed by atoms with Crippen molar-refractivity contribution < 1.29 is 14.7 Å². The number of nitrogens with zero attached hydrogens (tertiary/aromatic N) is 1. The van der Waals surface area contributed by atoms with Gasteiger partial charge >= 0.3 is 6.02 Å². The molecule has 0 radical (unpaired) electrons. The Morgan fingerprint density at radius 1 is 1.67 bits per heavy atom. The van der Waals surface area contributed by atoms with Crippen LogP contribution in [0.2, 0.25) is 0 Å². The van der Waals surface area contributed by atoms with Crippen LogP contribution in [0.4, 0.5) is 0 Å². The third-order valence-corrected chi connectivity index (χ3v) is 0.636. The van der Waals surface area contributed by atoms with Crippen molar-refractivity contribution in [2.24, 2.45) is 10.9 Å². The molecule has 54 valence electrons. The number of rotatable bonds is 3. The summed E-state index contributed by atoms with van der Waals surface area (Å²) in [5.74, 6) is 0. The minimum atomic E-state index is -0.243. The summed E-state index contributed by atoms with van der Waals surface area (Å²) < 4.78 is 9.20. The minimum Gasteiger partial charge on any atom is -0.461 e. The van der Waals surface area contributed by atoms with E-state index in [1.807, 2.05) is 0 Å². The molecule has 0 bridgehead atoms. The Hall–Kier alpha value is -0.970. The predicted molar refractivity (Wildman–Crippen MR) is 31.2 cm³/mol. The van der Waals surface area contributed by atoms with Crippen molar-refractivity contribution in [3.8, 4) is 0 Å². The van der Waals surface area contributed by atoms with Crippen LogP contribution in [-0.4, -0.2) is 31.6 Å². The van der Waals surface area contributed by atoms with Crippen molar-refractivity contribution in [2.45, 2.75) is 0 Å². The molecule has 0 rings (SSSR count). The zero-order valence-corrected chi connectivity index (χ0v) is 5.20. The van der Waals surface area contributed by atoms with Crippen LogP contribution in [0, 0.1) is 0 Å². The summed E-state index contributed by atoms with van der Waals surface area (Å²) in [5, 5.41) is 10.5. The van der Waals surface area contributed by atoms with E-state index in [1.54, 1.807) is 0 Å². The van der Waals surface area contributed by atoms with E-state index >= 15 is 0 Å². The van der Waals surface area contributed by atoms with Crippen molar-refractivity contribution >= 4 is 6.02 Å². The average molecular weight is 134 g/mol. The Balaban J connectivity index is 3.07. The zero-order chi connectivity index (χ0) is 7.11. The average Bonchev–Trinajstić information content (AvgIpc) is 1.89. The van der Waals surface area contributed by atoms with Crippen molar-refractivity contribution in [3.05, 3.63) is 0 Å². The molecule has 0 aromatic carbocycles. The lowest BCUT2D eigenvalue weighted by Crippen LogP contribution is -2.18. The van der Waals surface area contributed by atoms with Crippen molar-refractivity contribution in [3.63, 3.8) is 0 Å². The number of nitrogens with two attached hydrogens (primary N) is 1. The molecule has 0 aliphatic rings. The van der Waals surface area contributed by atoms with Crippen LogP contribution in [0.15, 0.2) is 5.16 Å². The van der Waals surface area contributed by atoms with Gasteiger partial charge in [0.15, 0.2) is 0 Å². The van der Waals surface area contributed by atoms with E-state index in [4.69, 9.17) is 10.9 Å². The summed E-state index contributed by atoms with van der Waals surface area (Å²) in [6.07, 6.45) is 0. The molecule has 5 nitrogen and oxygen atoms in total. The molecule has 0 fully saturated rings. The van der Waals surface area contributed by atoms with Gasteiger partial charge in [-0.05, 0) is 5.16 Å². The number of oxime groups is 1. The van der Waals surface area contributed by atoms with E-state index in [-0.39, 0.29) is 6.02 Å². The first-order valence-corrected chi connectivity index (χ1v) is 2.40. The second kappa shape index (κ2) is 5.17. The normalized spacial score (nSPS) is 11.4. The Morgan fingerprint density at radius 3 is 2.78 bits per heavy atom. The fourth-order valence-corrected chi connectivity index (χ4v) is 0.258. The first-order valence-electron chi connectivity index (χ1n) is 2.40. The molecule has 0 aromatic heterocycles. The van der Waals surface area contributed by atoms with Gasteiger partial charge in [0.1, 0.15) is 6.61 Å². The molecule has 0 aliphatic heterocycles. The van der Waals surface area contributed by atoms with E-state index in [9.17, 15) is 0 Å². The van der Waals surface area contributed by atoms with Gasteiger partial charge in [0.05, 0.1) is 6.61 Å². The summed E-state index contributed by atoms with van der Waals surface area (Å²) >= 11 is 0. The molecular formula is C4H10N2O3. The smallest absolute Gasteiger partial charge is 0.321 e. The molecule has 0 aromatic rings. The quantitative estimate of drug-likeness (QED) is 0.177. The zero-order valence-electron chi connectivity index (χ0n) is 5.20. The number of hydrogen-bond donors (Lipinski definition) is 2. The Morgan fingerprint density at radius 2 is 2.33 bits per heavy atom. The maximum atomic E-state index is 7.93. The Labute approximate surface area is 53.0 Å². The Kier molecular flexibility index (Phi) is 4.61. The van der Waals surface area contributed by atoms with Gasteiger partial charge in [-0.1, -0.05) is 0 Å². The van der Waals surface area contributed by atoms with E-state index < -0.39 is 0 Å². The van der Waals surface area contributed by atoms with Gasteiger partial charge in [-0.3, -0.25) is 0 Å². The maximum Gasteiger partial charge on any atom is 0.321 e. The molecule has 0 saturated heterocycles. The van der Waals surface area contributed by atoms with Crippen molar-refractivity contribution in [2.75, 3.05) is 20.3 Å². The topological polar surface area (TPSA) is 77.1 Å². The fourth-order valence-electron chi connectivity index (χ4n) is 0.258. The lowest BCUT2D eigenvalue weighted by Gasteiger charge is -2.00. The highest BCUT2D eigenvalue weighted by molar-refractivity contribution is 5.70. The molecule has 0 aliphatic carbocycles. The summed E-state index contributed by atoms with van der Waals surface area (Å²) in [6, 6.07) is -0.243. The molecule has 0 atom stereocenters. The lowest BCUT2D eigenvalue weighted by atomic mass is 10.8. The molecule has 5 heteroatoms. The van der Waals surface area contributed by atoms with Gasteiger partial charge < -0.3 is 20.4 Å². The molecule has 0 heterocycles. The van der Waals surface area contributed by atoms with Crippen LogP contribution in [0.5, 0.6) is 0 Å². The van der Waals surface area contributed by atoms with Crippen LogP contribution in [-0.2, 0) is 9.47 Å². The van der Waals surface area contributed by atoms with Gasteiger partial charge in [0.25, 0.3) is 0 Å². The van der Waals surface area contributed by atoms with Crippen LogP contribution >= 0.6 is 0 Å². The number of amidine groups is 1. The van der Waals surface area contributed by atoms with Crippen LogP contribution in [0.25, 0.3) is 0 Å². The molecule has 0 amide bonds. The van der Waals surface area contributed by atoms with Crippen molar-refractivity contribution in [1.82, 2.24) is 0 Å². The first-order chi connectivity index (χ1) is 4.31. The van der Waals surface area contributed by atoms with Gasteiger partial charge in [-0.2, -0.15) is 0 Å². The minimum absolute atomic E-state index is 0.243. The summed E-state index contributed by atoms with van der Waals surface area (Å²) in [7, 11) is 1.54. The number of methoxy groups -OCH3 is 1. The SMILES string of the molecule is COCCO/C(N)=N\O. The second-order valence-electron chi connectivity index (χ2n) is 1.28. The highest BCUT2D eigenvalue weighted by Gasteiger charge is 1.89. The fraction of sp³-hybridized carbons (Fsp3) is 0.750. The molecule has 0 unspecified atom stereocenters. The maximum absolute atomic E-state index is 7.93. The van der Waals surface area contributed by atoms with E-state index in [1.165, 1.54) is 7.11 Å². The molecule has 0 spiro atoms. The largest absolute Gasteiger partial charge is 0.461 e. The van der Waals surface area contributed by atoms with Crippen LogP contribution < -0.4 is 5.73 Å². The molecular weight excluding hydrogens is 124 g/mol. The predicted octanol–water partition coefficient (Wildman–Crippen LogP) is -0.647. The second-order valence-corrected chi connectivity index (χ2v) is 1.28. The summed E-state index contributed by atoms with van der Waals surface area (Å²) in [5.41, 5.74) is 4.94. The summed E-state index contributed by atoms with van der Waals surface area (Å²) in [6.45, 7) is 0.725. The lowest BCUT2D eigenvalue weighted by molar-refractivity contribution is 0.135. The Bertz CT molecular complexity index is 93.8. The van der Waals surface area contributed by atoms with Gasteiger partial charge in [-0.25, -0.2) is 0 Å². The third-order valence-electron chi connectivity index (χ3n) is 0.636. The van der Waals surface area contributed by atoms with Crippen LogP contribution in [0.3, 0.4) is 0 Å². The highest BCUT2D eigenvalue weighted by atomic mass is 16.6.